The first-order valence-corrected chi connectivity index (χ1v) is 10.7. The predicted molar refractivity (Wildman–Crippen MR) is 108 cm³/mol. The second-order valence-electron chi connectivity index (χ2n) is 6.92. The molecule has 1 aliphatic heterocycles. The van der Waals surface area contributed by atoms with Crippen molar-refractivity contribution in [1.82, 2.24) is 24.3 Å². The molecular weight excluding hydrogens is 410 g/mol. The molecule has 2 aromatic heterocycles. The Kier molecular flexibility index (Phi) is 5.41. The maximum atomic E-state index is 12.7. The first-order chi connectivity index (χ1) is 14.4. The third-order valence-corrected chi connectivity index (χ3v) is 6.30. The second kappa shape index (κ2) is 8.01. The summed E-state index contributed by atoms with van der Waals surface area (Å²) in [6, 6.07) is 9.10. The largest absolute Gasteiger partial charge is 0.497 e. The van der Waals surface area contributed by atoms with E-state index < -0.39 is 22.1 Å². The average molecular weight is 431 g/mol. The highest BCUT2D eigenvalue weighted by molar-refractivity contribution is 7.89. The Morgan fingerprint density at radius 2 is 2.07 bits per heavy atom. The summed E-state index contributed by atoms with van der Waals surface area (Å²) in [5, 5.41) is 8.37. The molecule has 1 fully saturated rings. The lowest BCUT2D eigenvalue weighted by Crippen LogP contribution is -2.43. The van der Waals surface area contributed by atoms with Crippen molar-refractivity contribution in [2.75, 3.05) is 20.3 Å². The zero-order valence-electron chi connectivity index (χ0n) is 16.4. The van der Waals surface area contributed by atoms with Crippen molar-refractivity contribution in [2.24, 2.45) is 7.05 Å². The zero-order valence-corrected chi connectivity index (χ0v) is 17.2. The Hall–Kier alpha value is -3.02. The van der Waals surface area contributed by atoms with Gasteiger partial charge < -0.3 is 9.47 Å². The van der Waals surface area contributed by atoms with E-state index in [2.05, 4.69) is 14.9 Å². The fourth-order valence-corrected chi connectivity index (χ4v) is 4.54. The minimum atomic E-state index is -3.82. The molecule has 1 aromatic carbocycles. The van der Waals surface area contributed by atoms with Crippen molar-refractivity contribution >= 4 is 10.0 Å². The summed E-state index contributed by atoms with van der Waals surface area (Å²) >= 11 is 0. The summed E-state index contributed by atoms with van der Waals surface area (Å²) in [6.07, 6.45) is 2.67. The number of aromatic nitrogens is 4. The lowest BCUT2D eigenvalue weighted by atomic mass is 10.1. The SMILES string of the molecule is COc1cccc(-c2ccc(=O)n(C3COCC3NS(=O)(=O)c3cnn(C)c3)n2)c1. The van der Waals surface area contributed by atoms with Crippen LogP contribution in [-0.4, -0.2) is 54.3 Å². The lowest BCUT2D eigenvalue weighted by Gasteiger charge is -2.20. The average Bonchev–Trinajstić information content (AvgIpc) is 3.37. The van der Waals surface area contributed by atoms with Gasteiger partial charge in [0, 0.05) is 24.9 Å². The van der Waals surface area contributed by atoms with Gasteiger partial charge in [0.05, 0.1) is 44.3 Å². The second-order valence-corrected chi connectivity index (χ2v) is 8.63. The molecule has 0 aliphatic carbocycles. The van der Waals surface area contributed by atoms with Crippen LogP contribution in [0.25, 0.3) is 11.3 Å². The summed E-state index contributed by atoms with van der Waals surface area (Å²) in [5.74, 6) is 0.665. The number of hydrogen-bond acceptors (Lipinski definition) is 7. The highest BCUT2D eigenvalue weighted by Gasteiger charge is 2.35. The molecule has 0 bridgehead atoms. The molecule has 0 amide bonds. The monoisotopic (exact) mass is 431 g/mol. The quantitative estimate of drug-likeness (QED) is 0.606. The van der Waals surface area contributed by atoms with Crippen LogP contribution < -0.4 is 15.0 Å². The number of nitrogens with one attached hydrogen (secondary N) is 1. The number of methoxy groups -OCH3 is 1. The summed E-state index contributed by atoms with van der Waals surface area (Å²) in [6.45, 7) is 0.288. The molecule has 158 valence electrons. The molecule has 1 aliphatic rings. The number of hydrogen-bond donors (Lipinski definition) is 1. The van der Waals surface area contributed by atoms with Crippen LogP contribution in [0.4, 0.5) is 0 Å². The van der Waals surface area contributed by atoms with Gasteiger partial charge >= 0.3 is 0 Å². The summed E-state index contributed by atoms with van der Waals surface area (Å²) in [7, 11) is -0.616. The molecule has 3 aromatic rings. The highest BCUT2D eigenvalue weighted by atomic mass is 32.2. The standard InChI is InChI=1S/C19H21N5O5S/c1-23-10-15(9-20-23)30(26,27)22-17-11-29-12-18(17)24-19(25)7-6-16(21-24)13-4-3-5-14(8-13)28-2/h3-10,17-18,22H,11-12H2,1-2H3. The maximum absolute atomic E-state index is 12.7. The third-order valence-electron chi connectivity index (χ3n) is 4.85. The Morgan fingerprint density at radius 3 is 2.80 bits per heavy atom. The number of rotatable bonds is 6. The van der Waals surface area contributed by atoms with Crippen LogP contribution in [0, 0.1) is 0 Å². The van der Waals surface area contributed by atoms with Crippen LogP contribution in [0.3, 0.4) is 0 Å². The van der Waals surface area contributed by atoms with Gasteiger partial charge in [-0.25, -0.2) is 17.8 Å². The van der Waals surface area contributed by atoms with Crippen LogP contribution >= 0.6 is 0 Å². The van der Waals surface area contributed by atoms with E-state index in [-0.39, 0.29) is 23.7 Å². The van der Waals surface area contributed by atoms with Crippen molar-refractivity contribution in [1.29, 1.82) is 0 Å². The topological polar surface area (TPSA) is 117 Å². The van der Waals surface area contributed by atoms with Crippen LogP contribution in [0.5, 0.6) is 5.75 Å². The molecule has 0 spiro atoms. The van der Waals surface area contributed by atoms with Gasteiger partial charge in [-0.15, -0.1) is 0 Å². The molecule has 1 N–H and O–H groups in total. The number of aryl methyl sites for hydroxylation is 1. The molecule has 2 unspecified atom stereocenters. The van der Waals surface area contributed by atoms with Crippen molar-refractivity contribution in [3.05, 3.63) is 59.1 Å². The number of benzene rings is 1. The van der Waals surface area contributed by atoms with Crippen molar-refractivity contribution in [2.45, 2.75) is 17.0 Å². The minimum Gasteiger partial charge on any atom is -0.497 e. The van der Waals surface area contributed by atoms with Crippen LogP contribution in [-0.2, 0) is 21.8 Å². The van der Waals surface area contributed by atoms with Gasteiger partial charge in [-0.1, -0.05) is 12.1 Å². The van der Waals surface area contributed by atoms with Gasteiger partial charge in [0.1, 0.15) is 10.6 Å². The fourth-order valence-electron chi connectivity index (χ4n) is 3.30. The summed E-state index contributed by atoms with van der Waals surface area (Å²) < 4.78 is 41.4. The van der Waals surface area contributed by atoms with Gasteiger partial charge in [-0.2, -0.15) is 10.2 Å². The van der Waals surface area contributed by atoms with Gasteiger partial charge in [-0.05, 0) is 18.2 Å². The molecule has 0 saturated carbocycles. The molecule has 0 radical (unpaired) electrons. The highest BCUT2D eigenvalue weighted by Crippen LogP contribution is 2.24. The van der Waals surface area contributed by atoms with E-state index in [0.29, 0.717) is 11.4 Å². The van der Waals surface area contributed by atoms with Crippen molar-refractivity contribution < 1.29 is 17.9 Å². The third kappa shape index (κ3) is 3.99. The Morgan fingerprint density at radius 1 is 1.23 bits per heavy atom. The molecule has 4 rings (SSSR count). The van der Waals surface area contributed by atoms with Gasteiger partial charge in [0.25, 0.3) is 5.56 Å². The molecule has 10 nitrogen and oxygen atoms in total. The maximum Gasteiger partial charge on any atom is 0.267 e. The first kappa shape index (κ1) is 20.3. The van der Waals surface area contributed by atoms with Crippen LogP contribution in [0.2, 0.25) is 0 Å². The molecule has 11 heteroatoms. The molecule has 2 atom stereocenters. The molecular formula is C19H21N5O5S. The van der Waals surface area contributed by atoms with E-state index >= 15 is 0 Å². The number of sulfonamides is 1. The van der Waals surface area contributed by atoms with Gasteiger partial charge in [-0.3, -0.25) is 9.48 Å². The molecule has 3 heterocycles. The summed E-state index contributed by atoms with van der Waals surface area (Å²) in [5.41, 5.74) is 0.992. The normalized spacial score (nSPS) is 19.1. The summed E-state index contributed by atoms with van der Waals surface area (Å²) in [4.78, 5) is 12.6. The van der Waals surface area contributed by atoms with E-state index in [1.165, 1.54) is 27.8 Å². The molecule has 30 heavy (non-hydrogen) atoms. The van der Waals surface area contributed by atoms with E-state index in [0.717, 1.165) is 5.56 Å². The predicted octanol–water partition coefficient (Wildman–Crippen LogP) is 0.571. The first-order valence-electron chi connectivity index (χ1n) is 9.20. The fraction of sp³-hybridized carbons (Fsp3) is 0.316. The Labute approximate surface area is 173 Å². The zero-order chi connectivity index (χ0) is 21.3. The van der Waals surface area contributed by atoms with E-state index in [9.17, 15) is 13.2 Å². The van der Waals surface area contributed by atoms with Gasteiger partial charge in [0.15, 0.2) is 0 Å². The molecule has 1 saturated heterocycles. The smallest absolute Gasteiger partial charge is 0.267 e. The van der Waals surface area contributed by atoms with Crippen molar-refractivity contribution in [3.63, 3.8) is 0 Å². The van der Waals surface area contributed by atoms with E-state index in [1.54, 1.807) is 20.2 Å². The van der Waals surface area contributed by atoms with Crippen molar-refractivity contribution in [3.8, 4) is 17.0 Å². The van der Waals surface area contributed by atoms with Crippen LogP contribution in [0.1, 0.15) is 6.04 Å². The Bertz CT molecular complexity index is 1220. The van der Waals surface area contributed by atoms with E-state index in [1.807, 2.05) is 24.3 Å². The number of ether oxygens (including phenoxy) is 2. The van der Waals surface area contributed by atoms with Gasteiger partial charge in [0.2, 0.25) is 10.0 Å². The minimum absolute atomic E-state index is 0.0427. The Balaban J connectivity index is 1.65. The number of nitrogens with zero attached hydrogens (tertiary/aromatic N) is 4. The van der Waals surface area contributed by atoms with E-state index in [4.69, 9.17) is 9.47 Å². The van der Waals surface area contributed by atoms with Crippen LogP contribution in [0.15, 0.2) is 58.5 Å². The lowest BCUT2D eigenvalue weighted by molar-refractivity contribution is 0.182.